The smallest absolute Gasteiger partial charge is 0.325 e. The van der Waals surface area contributed by atoms with E-state index in [2.05, 4.69) is 10.1 Å². The molecule has 0 saturated heterocycles. The molecular formula is C17H17N3O4S. The Balaban J connectivity index is 2.20. The van der Waals surface area contributed by atoms with Crippen LogP contribution in [0.4, 0.5) is 0 Å². The van der Waals surface area contributed by atoms with Crippen molar-refractivity contribution < 1.29 is 18.8 Å². The molecular weight excluding hydrogens is 342 g/mol. The normalized spacial score (nSPS) is 11.9. The molecule has 1 amide bonds. The van der Waals surface area contributed by atoms with E-state index >= 15 is 0 Å². The quantitative estimate of drug-likeness (QED) is 0.671. The van der Waals surface area contributed by atoms with Gasteiger partial charge in [-0.25, -0.2) is 0 Å². The molecule has 0 bridgehead atoms. The molecule has 7 nitrogen and oxygen atoms in total. The van der Waals surface area contributed by atoms with Gasteiger partial charge in [0, 0.05) is 6.07 Å². The summed E-state index contributed by atoms with van der Waals surface area (Å²) >= 11 is 1.35. The maximum absolute atomic E-state index is 12.4. The SMILES string of the molecule is COC(=O)Cn1c(=NC(=O)c2cc(C)on2)sc2c(C)cc(C)cc21. The van der Waals surface area contributed by atoms with Crippen LogP contribution in [0.1, 0.15) is 27.4 Å². The first-order valence-electron chi connectivity index (χ1n) is 7.59. The largest absolute Gasteiger partial charge is 0.468 e. The Labute approximate surface area is 147 Å². The molecule has 0 aliphatic carbocycles. The fraction of sp³-hybridized carbons (Fsp3) is 0.294. The summed E-state index contributed by atoms with van der Waals surface area (Å²) in [6.45, 7) is 5.64. The lowest BCUT2D eigenvalue weighted by Crippen LogP contribution is -2.22. The Morgan fingerprint density at radius 1 is 1.28 bits per heavy atom. The summed E-state index contributed by atoms with van der Waals surface area (Å²) in [7, 11) is 1.33. The lowest BCUT2D eigenvalue weighted by Gasteiger charge is -2.05. The Morgan fingerprint density at radius 3 is 2.68 bits per heavy atom. The van der Waals surface area contributed by atoms with E-state index in [-0.39, 0.29) is 12.2 Å². The average Bonchev–Trinajstić information content (AvgIpc) is 3.13. The number of rotatable bonds is 3. The summed E-state index contributed by atoms with van der Waals surface area (Å²) in [6.07, 6.45) is 0. The van der Waals surface area contributed by atoms with E-state index in [1.165, 1.54) is 24.5 Å². The van der Waals surface area contributed by atoms with Crippen molar-refractivity contribution in [3.63, 3.8) is 0 Å². The van der Waals surface area contributed by atoms with Gasteiger partial charge in [0.25, 0.3) is 0 Å². The first-order chi connectivity index (χ1) is 11.9. The molecule has 2 heterocycles. The molecule has 0 radical (unpaired) electrons. The summed E-state index contributed by atoms with van der Waals surface area (Å²) in [5.74, 6) is -0.398. The Morgan fingerprint density at radius 2 is 2.04 bits per heavy atom. The van der Waals surface area contributed by atoms with Gasteiger partial charge in [-0.05, 0) is 38.0 Å². The molecule has 0 aliphatic rings. The molecule has 8 heteroatoms. The number of aromatic nitrogens is 2. The highest BCUT2D eigenvalue weighted by molar-refractivity contribution is 7.16. The van der Waals surface area contributed by atoms with Gasteiger partial charge in [-0.2, -0.15) is 4.99 Å². The van der Waals surface area contributed by atoms with Crippen LogP contribution in [0.2, 0.25) is 0 Å². The number of amides is 1. The molecule has 0 saturated carbocycles. The second-order valence-corrected chi connectivity index (χ2v) is 6.69. The maximum atomic E-state index is 12.4. The predicted octanol–water partition coefficient (Wildman–Crippen LogP) is 2.53. The van der Waals surface area contributed by atoms with Crippen molar-refractivity contribution in [2.75, 3.05) is 7.11 Å². The highest BCUT2D eigenvalue weighted by atomic mass is 32.1. The van der Waals surface area contributed by atoms with Gasteiger partial charge >= 0.3 is 11.9 Å². The Bertz CT molecular complexity index is 1040. The topological polar surface area (TPSA) is 86.7 Å². The molecule has 0 unspecified atom stereocenters. The molecule has 130 valence electrons. The number of hydrogen-bond acceptors (Lipinski definition) is 6. The predicted molar refractivity (Wildman–Crippen MR) is 92.4 cm³/mol. The number of fused-ring (bicyclic) bond motifs is 1. The van der Waals surface area contributed by atoms with Crippen LogP contribution in [0.15, 0.2) is 27.7 Å². The van der Waals surface area contributed by atoms with Crippen LogP contribution in [-0.4, -0.2) is 28.7 Å². The van der Waals surface area contributed by atoms with Gasteiger partial charge in [-0.1, -0.05) is 22.6 Å². The first-order valence-corrected chi connectivity index (χ1v) is 8.40. The zero-order valence-corrected chi connectivity index (χ0v) is 15.1. The van der Waals surface area contributed by atoms with Crippen LogP contribution in [0.3, 0.4) is 0 Å². The lowest BCUT2D eigenvalue weighted by molar-refractivity contribution is -0.141. The highest BCUT2D eigenvalue weighted by Crippen LogP contribution is 2.23. The van der Waals surface area contributed by atoms with Gasteiger partial charge in [0.05, 0.1) is 17.3 Å². The van der Waals surface area contributed by atoms with Crippen LogP contribution in [-0.2, 0) is 16.1 Å². The minimum absolute atomic E-state index is 0.0245. The minimum Gasteiger partial charge on any atom is -0.468 e. The molecule has 0 fully saturated rings. The fourth-order valence-corrected chi connectivity index (χ4v) is 3.63. The van der Waals surface area contributed by atoms with Crippen LogP contribution < -0.4 is 4.80 Å². The third-order valence-corrected chi connectivity index (χ3v) is 4.90. The number of hydrogen-bond donors (Lipinski definition) is 0. The molecule has 0 spiro atoms. The molecule has 0 atom stereocenters. The molecule has 1 aromatic carbocycles. The fourth-order valence-electron chi connectivity index (χ4n) is 2.56. The third-order valence-electron chi connectivity index (χ3n) is 3.67. The minimum atomic E-state index is -0.517. The summed E-state index contributed by atoms with van der Waals surface area (Å²) in [6, 6.07) is 5.54. The van der Waals surface area contributed by atoms with Gasteiger partial charge in [0.1, 0.15) is 12.3 Å². The van der Waals surface area contributed by atoms with Gasteiger partial charge < -0.3 is 13.8 Å². The summed E-state index contributed by atoms with van der Waals surface area (Å²) in [5.41, 5.74) is 3.10. The summed E-state index contributed by atoms with van der Waals surface area (Å²) in [5, 5.41) is 3.69. The molecule has 2 aromatic heterocycles. The van der Waals surface area contributed by atoms with E-state index in [0.717, 1.165) is 21.3 Å². The van der Waals surface area contributed by atoms with Crippen molar-refractivity contribution >= 4 is 33.4 Å². The number of thiazole rings is 1. The van der Waals surface area contributed by atoms with Crippen molar-refractivity contribution in [1.82, 2.24) is 9.72 Å². The Hall–Kier alpha value is -2.74. The van der Waals surface area contributed by atoms with Crippen LogP contribution in [0, 0.1) is 20.8 Å². The van der Waals surface area contributed by atoms with Crippen LogP contribution >= 0.6 is 11.3 Å². The monoisotopic (exact) mass is 359 g/mol. The first kappa shape index (κ1) is 17.1. The number of ether oxygens (including phenoxy) is 1. The third kappa shape index (κ3) is 3.39. The summed E-state index contributed by atoms with van der Waals surface area (Å²) < 4.78 is 12.4. The molecule has 3 aromatic rings. The maximum Gasteiger partial charge on any atom is 0.325 e. The number of benzene rings is 1. The molecule has 3 rings (SSSR count). The van der Waals surface area contributed by atoms with Crippen LogP contribution in [0.5, 0.6) is 0 Å². The molecule has 25 heavy (non-hydrogen) atoms. The molecule has 0 aliphatic heterocycles. The van der Waals surface area contributed by atoms with E-state index < -0.39 is 11.9 Å². The zero-order chi connectivity index (χ0) is 18.1. The second kappa shape index (κ2) is 6.64. The van der Waals surface area contributed by atoms with Crippen molar-refractivity contribution in [2.24, 2.45) is 4.99 Å². The molecule has 0 N–H and O–H groups in total. The highest BCUT2D eigenvalue weighted by Gasteiger charge is 2.15. The zero-order valence-electron chi connectivity index (χ0n) is 14.3. The van der Waals surface area contributed by atoms with E-state index in [1.54, 1.807) is 11.5 Å². The van der Waals surface area contributed by atoms with Crippen molar-refractivity contribution in [2.45, 2.75) is 27.3 Å². The van der Waals surface area contributed by atoms with E-state index in [1.807, 2.05) is 26.0 Å². The van der Waals surface area contributed by atoms with Gasteiger partial charge in [-0.3, -0.25) is 9.59 Å². The lowest BCUT2D eigenvalue weighted by atomic mass is 10.1. The van der Waals surface area contributed by atoms with Gasteiger partial charge in [0.2, 0.25) is 0 Å². The van der Waals surface area contributed by atoms with Gasteiger partial charge in [-0.15, -0.1) is 0 Å². The second-order valence-electron chi connectivity index (χ2n) is 5.72. The van der Waals surface area contributed by atoms with E-state index in [0.29, 0.717) is 10.6 Å². The average molecular weight is 359 g/mol. The van der Waals surface area contributed by atoms with Crippen molar-refractivity contribution in [1.29, 1.82) is 0 Å². The van der Waals surface area contributed by atoms with Crippen molar-refractivity contribution in [3.8, 4) is 0 Å². The number of aryl methyl sites for hydroxylation is 3. The van der Waals surface area contributed by atoms with E-state index in [9.17, 15) is 9.59 Å². The number of carbonyl (C=O) groups excluding carboxylic acids is 2. The van der Waals surface area contributed by atoms with Gasteiger partial charge in [0.15, 0.2) is 10.5 Å². The van der Waals surface area contributed by atoms with E-state index in [4.69, 9.17) is 9.26 Å². The number of carbonyl (C=O) groups is 2. The summed E-state index contributed by atoms with van der Waals surface area (Å²) in [4.78, 5) is 28.7. The standard InChI is InChI=1S/C17H17N3O4S/c1-9-5-10(2)15-13(6-9)20(8-14(21)23-4)17(25-15)18-16(22)12-7-11(3)24-19-12/h5-7H,8H2,1-4H3. The number of esters is 1. The number of methoxy groups -OCH3 is 1. The Kier molecular flexibility index (Phi) is 4.54. The van der Waals surface area contributed by atoms with Crippen molar-refractivity contribution in [3.05, 3.63) is 45.6 Å². The number of nitrogens with zero attached hydrogens (tertiary/aromatic N) is 3. The van der Waals surface area contributed by atoms with Crippen LogP contribution in [0.25, 0.3) is 10.2 Å².